The van der Waals surface area contributed by atoms with Crippen LogP contribution in [0.2, 0.25) is 0 Å². The van der Waals surface area contributed by atoms with Gasteiger partial charge in [-0.2, -0.15) is 0 Å². The van der Waals surface area contributed by atoms with E-state index in [0.717, 1.165) is 77.8 Å². The molecule has 6 nitrogen and oxygen atoms in total. The van der Waals surface area contributed by atoms with Gasteiger partial charge in [-0.05, 0) is 38.5 Å². The summed E-state index contributed by atoms with van der Waals surface area (Å²) in [6, 6.07) is 0.276. The number of rotatable bonds is 6. The number of carbonyl (C=O) groups excluding carboxylic acids is 2. The quantitative estimate of drug-likeness (QED) is 0.643. The first kappa shape index (κ1) is 21.5. The van der Waals surface area contributed by atoms with Crippen LogP contribution in [-0.2, 0) is 9.59 Å². The minimum absolute atomic E-state index is 0. The van der Waals surface area contributed by atoms with E-state index in [4.69, 9.17) is 0 Å². The molecule has 7 heteroatoms. The maximum atomic E-state index is 12.3. The molecule has 3 aliphatic rings. The second kappa shape index (κ2) is 11.1. The zero-order valence-electron chi connectivity index (χ0n) is 15.8. The lowest BCUT2D eigenvalue weighted by Crippen LogP contribution is -2.47. The zero-order valence-corrected chi connectivity index (χ0v) is 16.6. The third-order valence-electron chi connectivity index (χ3n) is 6.11. The van der Waals surface area contributed by atoms with Crippen molar-refractivity contribution in [1.29, 1.82) is 0 Å². The Hall–Kier alpha value is -0.850. The normalized spacial score (nSPS) is 27.5. The van der Waals surface area contributed by atoms with Crippen molar-refractivity contribution in [3.05, 3.63) is 0 Å². The van der Waals surface area contributed by atoms with Crippen LogP contribution in [0.25, 0.3) is 0 Å². The summed E-state index contributed by atoms with van der Waals surface area (Å²) in [6.45, 7) is 5.93. The standard InChI is InChI=1S/C19H34N4O2.ClH/c24-18(21-11-14-23-12-9-20-10-13-23)16-5-7-17(8-6-16)22-19(25)15-3-1-2-4-15;/h15-17,20H,1-14H2,(H,21,24)(H,22,25);1H. The Morgan fingerprint density at radius 1 is 0.885 bits per heavy atom. The van der Waals surface area contributed by atoms with Crippen LogP contribution in [-0.4, -0.2) is 62.0 Å². The molecule has 1 heterocycles. The van der Waals surface area contributed by atoms with Gasteiger partial charge in [-0.1, -0.05) is 12.8 Å². The number of hydrogen-bond donors (Lipinski definition) is 3. The van der Waals surface area contributed by atoms with Crippen molar-refractivity contribution in [2.75, 3.05) is 39.3 Å². The Bertz CT molecular complexity index is 443. The summed E-state index contributed by atoms with van der Waals surface area (Å²) >= 11 is 0. The summed E-state index contributed by atoms with van der Waals surface area (Å²) in [4.78, 5) is 27.0. The zero-order chi connectivity index (χ0) is 17.5. The highest BCUT2D eigenvalue weighted by molar-refractivity contribution is 5.85. The molecular formula is C19H35ClN4O2. The molecule has 3 rings (SSSR count). The van der Waals surface area contributed by atoms with Crippen molar-refractivity contribution in [3.8, 4) is 0 Å². The minimum Gasteiger partial charge on any atom is -0.355 e. The van der Waals surface area contributed by atoms with Crippen molar-refractivity contribution in [1.82, 2.24) is 20.9 Å². The first-order valence-electron chi connectivity index (χ1n) is 10.2. The van der Waals surface area contributed by atoms with Crippen LogP contribution in [0.4, 0.5) is 0 Å². The predicted octanol–water partition coefficient (Wildman–Crippen LogP) is 1.29. The minimum atomic E-state index is 0. The summed E-state index contributed by atoms with van der Waals surface area (Å²) < 4.78 is 0. The predicted molar refractivity (Wildman–Crippen MR) is 105 cm³/mol. The van der Waals surface area contributed by atoms with Gasteiger partial charge < -0.3 is 16.0 Å². The number of nitrogens with one attached hydrogen (secondary N) is 3. The summed E-state index contributed by atoms with van der Waals surface area (Å²) in [6.07, 6.45) is 8.16. The van der Waals surface area contributed by atoms with Crippen LogP contribution in [0.1, 0.15) is 51.4 Å². The number of carbonyl (C=O) groups is 2. The molecule has 3 fully saturated rings. The van der Waals surface area contributed by atoms with E-state index in [1.165, 1.54) is 12.8 Å². The smallest absolute Gasteiger partial charge is 0.223 e. The van der Waals surface area contributed by atoms with E-state index in [1.54, 1.807) is 0 Å². The van der Waals surface area contributed by atoms with Gasteiger partial charge in [-0.15, -0.1) is 12.4 Å². The Labute approximate surface area is 163 Å². The van der Waals surface area contributed by atoms with Crippen LogP contribution >= 0.6 is 12.4 Å². The van der Waals surface area contributed by atoms with Crippen molar-refractivity contribution < 1.29 is 9.59 Å². The maximum Gasteiger partial charge on any atom is 0.223 e. The lowest BCUT2D eigenvalue weighted by atomic mass is 9.85. The second-order valence-electron chi connectivity index (χ2n) is 7.92. The van der Waals surface area contributed by atoms with Gasteiger partial charge in [0.25, 0.3) is 0 Å². The molecule has 0 spiro atoms. The van der Waals surface area contributed by atoms with E-state index >= 15 is 0 Å². The van der Waals surface area contributed by atoms with Gasteiger partial charge in [0.1, 0.15) is 0 Å². The first-order valence-corrected chi connectivity index (χ1v) is 10.2. The fourth-order valence-corrected chi connectivity index (χ4v) is 4.42. The lowest BCUT2D eigenvalue weighted by Gasteiger charge is -2.30. The van der Waals surface area contributed by atoms with E-state index in [9.17, 15) is 9.59 Å². The van der Waals surface area contributed by atoms with Crippen LogP contribution in [0.15, 0.2) is 0 Å². The van der Waals surface area contributed by atoms with E-state index in [1.807, 2.05) is 0 Å². The lowest BCUT2D eigenvalue weighted by molar-refractivity contribution is -0.126. The van der Waals surface area contributed by atoms with Gasteiger partial charge in [0.15, 0.2) is 0 Å². The molecular weight excluding hydrogens is 352 g/mol. The van der Waals surface area contributed by atoms with Crippen LogP contribution in [0.3, 0.4) is 0 Å². The largest absolute Gasteiger partial charge is 0.355 e. The van der Waals surface area contributed by atoms with E-state index in [2.05, 4.69) is 20.9 Å². The Balaban J connectivity index is 0.00000243. The summed E-state index contributed by atoms with van der Waals surface area (Å²) in [5, 5.41) is 9.68. The van der Waals surface area contributed by atoms with Crippen molar-refractivity contribution in [2.45, 2.75) is 57.4 Å². The average molecular weight is 387 g/mol. The second-order valence-corrected chi connectivity index (χ2v) is 7.92. The van der Waals surface area contributed by atoms with E-state index < -0.39 is 0 Å². The SMILES string of the molecule is Cl.O=C(NCCN1CCNCC1)C1CCC(NC(=O)C2CCCC2)CC1. The van der Waals surface area contributed by atoms with Crippen LogP contribution in [0, 0.1) is 11.8 Å². The monoisotopic (exact) mass is 386 g/mol. The summed E-state index contributed by atoms with van der Waals surface area (Å²) in [7, 11) is 0. The third kappa shape index (κ3) is 6.39. The van der Waals surface area contributed by atoms with Gasteiger partial charge in [-0.3, -0.25) is 14.5 Å². The highest BCUT2D eigenvalue weighted by Gasteiger charge is 2.29. The topological polar surface area (TPSA) is 73.5 Å². The molecule has 0 radical (unpaired) electrons. The number of amides is 2. The maximum absolute atomic E-state index is 12.3. The molecule has 0 aromatic rings. The number of piperazine rings is 1. The third-order valence-corrected chi connectivity index (χ3v) is 6.11. The van der Waals surface area contributed by atoms with Gasteiger partial charge in [0.05, 0.1) is 0 Å². The molecule has 1 saturated heterocycles. The van der Waals surface area contributed by atoms with E-state index in [-0.39, 0.29) is 42.1 Å². The summed E-state index contributed by atoms with van der Waals surface area (Å²) in [5.41, 5.74) is 0. The Morgan fingerprint density at radius 2 is 1.50 bits per heavy atom. The molecule has 3 N–H and O–H groups in total. The Morgan fingerprint density at radius 3 is 2.15 bits per heavy atom. The van der Waals surface area contributed by atoms with Crippen molar-refractivity contribution in [2.24, 2.45) is 11.8 Å². The molecule has 1 aliphatic heterocycles. The van der Waals surface area contributed by atoms with Gasteiger partial charge in [0, 0.05) is 57.1 Å². The van der Waals surface area contributed by atoms with Crippen molar-refractivity contribution in [3.63, 3.8) is 0 Å². The first-order chi connectivity index (χ1) is 12.2. The van der Waals surface area contributed by atoms with Crippen molar-refractivity contribution >= 4 is 24.2 Å². The summed E-state index contributed by atoms with van der Waals surface area (Å²) in [5.74, 6) is 0.825. The molecule has 2 aliphatic carbocycles. The average Bonchev–Trinajstić information content (AvgIpc) is 3.18. The van der Waals surface area contributed by atoms with Gasteiger partial charge >= 0.3 is 0 Å². The molecule has 2 saturated carbocycles. The molecule has 0 aromatic heterocycles. The fraction of sp³-hybridized carbons (Fsp3) is 0.895. The molecule has 0 unspecified atom stereocenters. The van der Waals surface area contributed by atoms with E-state index in [0.29, 0.717) is 0 Å². The number of nitrogens with zero attached hydrogens (tertiary/aromatic N) is 1. The highest BCUT2D eigenvalue weighted by atomic mass is 35.5. The fourth-order valence-electron chi connectivity index (χ4n) is 4.42. The molecule has 0 aromatic carbocycles. The molecule has 26 heavy (non-hydrogen) atoms. The highest BCUT2D eigenvalue weighted by Crippen LogP contribution is 2.27. The molecule has 2 amide bonds. The number of hydrogen-bond acceptors (Lipinski definition) is 4. The molecule has 0 bridgehead atoms. The van der Waals surface area contributed by atoms with Crippen LogP contribution < -0.4 is 16.0 Å². The molecule has 0 atom stereocenters. The van der Waals surface area contributed by atoms with Crippen LogP contribution in [0.5, 0.6) is 0 Å². The Kier molecular flexibility index (Phi) is 9.16. The molecule has 150 valence electrons. The number of halogens is 1. The van der Waals surface area contributed by atoms with Gasteiger partial charge in [0.2, 0.25) is 11.8 Å². The van der Waals surface area contributed by atoms with Gasteiger partial charge in [-0.25, -0.2) is 0 Å².